The molecular formula is MnO6P. The smallest absolute Gasteiger partial charge is 2.00 e. The number of hydrogen-bond donors (Lipinski definition) is 0. The van der Waals surface area contributed by atoms with E-state index >= 15 is 0 Å². The minimum absolute atomic E-state index is 0. The van der Waals surface area contributed by atoms with Crippen LogP contribution in [0.1, 0.15) is 0 Å². The van der Waals surface area contributed by atoms with E-state index < -0.39 is 7.82 Å². The van der Waals surface area contributed by atoms with Gasteiger partial charge in [-0.1, -0.05) is 0 Å². The van der Waals surface area contributed by atoms with E-state index in [2.05, 4.69) is 0 Å². The maximum absolute atomic E-state index is 8.55. The Bertz CT molecular complexity index is 54.7. The first-order valence-electron chi connectivity index (χ1n) is 0.730. The third kappa shape index (κ3) is 668. The molecule has 6 nitrogen and oxygen atoms in total. The first-order chi connectivity index (χ1) is 2.00. The van der Waals surface area contributed by atoms with Crippen molar-refractivity contribution in [3.05, 3.63) is 0 Å². The van der Waals surface area contributed by atoms with E-state index in [0.717, 1.165) is 0 Å². The molecule has 48 valence electrons. The van der Waals surface area contributed by atoms with Gasteiger partial charge in [0.05, 0.1) is 0 Å². The molecule has 0 aliphatic carbocycles. The van der Waals surface area contributed by atoms with Gasteiger partial charge in [-0.15, -0.1) is 0 Å². The summed E-state index contributed by atoms with van der Waals surface area (Å²) in [5.41, 5.74) is 0. The van der Waals surface area contributed by atoms with Crippen LogP contribution in [-0.2, 0) is 32.6 Å². The van der Waals surface area contributed by atoms with Crippen molar-refractivity contribution in [1.82, 2.24) is 0 Å². The minimum atomic E-state index is -5.39. The summed E-state index contributed by atoms with van der Waals surface area (Å²) in [5, 5.41) is 0. The molecule has 0 aliphatic heterocycles. The molecule has 0 fully saturated rings. The van der Waals surface area contributed by atoms with E-state index in [-0.39, 0.29) is 28.0 Å². The van der Waals surface area contributed by atoms with Gasteiger partial charge < -0.3 is 30.2 Å². The molecule has 0 heterocycles. The zero-order valence-electron chi connectivity index (χ0n) is 3.27. The molecular weight excluding hydrogens is 182 g/mol. The Balaban J connectivity index is -0.0000000267. The van der Waals surface area contributed by atoms with Crippen LogP contribution in [-0.4, -0.2) is 0 Å². The molecule has 0 spiro atoms. The predicted molar refractivity (Wildman–Crippen MR) is 8.98 cm³/mol. The van der Waals surface area contributed by atoms with Crippen LogP contribution >= 0.6 is 7.82 Å². The van der Waals surface area contributed by atoms with Crippen LogP contribution in [0.15, 0.2) is 0 Å². The van der Waals surface area contributed by atoms with Crippen molar-refractivity contribution in [3.8, 4) is 0 Å². The molecule has 0 radical (unpaired) electrons. The van der Waals surface area contributed by atoms with Crippen LogP contribution < -0.4 is 14.7 Å². The summed E-state index contributed by atoms with van der Waals surface area (Å²) in [6.45, 7) is 0. The van der Waals surface area contributed by atoms with Crippen LogP contribution in [0.5, 0.6) is 0 Å². The first-order valence-corrected chi connectivity index (χ1v) is 2.19. The fraction of sp³-hybridized carbons (Fsp3) is 0. The Morgan fingerprint density at radius 3 is 1.00 bits per heavy atom. The van der Waals surface area contributed by atoms with Gasteiger partial charge in [-0.25, -0.2) is 0 Å². The number of hydrogen-bond acceptors (Lipinski definition) is 4. The van der Waals surface area contributed by atoms with Crippen LogP contribution in [0.4, 0.5) is 0 Å². The van der Waals surface area contributed by atoms with Crippen LogP contribution in [0.2, 0.25) is 0 Å². The van der Waals surface area contributed by atoms with Crippen molar-refractivity contribution in [3.63, 3.8) is 0 Å². The fourth-order valence-corrected chi connectivity index (χ4v) is 0. The fourth-order valence-electron chi connectivity index (χ4n) is 0. The van der Waals surface area contributed by atoms with E-state index in [1.165, 1.54) is 0 Å². The Morgan fingerprint density at radius 1 is 1.00 bits per heavy atom. The molecule has 0 amide bonds. The van der Waals surface area contributed by atoms with E-state index in [4.69, 9.17) is 19.2 Å². The maximum atomic E-state index is 8.55. The van der Waals surface area contributed by atoms with Crippen LogP contribution in [0, 0.1) is 0 Å². The Hall–Kier alpha value is 0.549. The van der Waals surface area contributed by atoms with Crippen molar-refractivity contribution in [1.29, 1.82) is 0 Å². The summed E-state index contributed by atoms with van der Waals surface area (Å²) in [6.07, 6.45) is 0. The standard InChI is InChI=1S/Mn.H3O4P.2O/c;1-5(2,3)4;;/h;(H3,1,2,3,4);;/q+7;;2*-2/p-3. The van der Waals surface area contributed by atoms with Gasteiger partial charge in [0.1, 0.15) is 0 Å². The van der Waals surface area contributed by atoms with Gasteiger partial charge in [-0.05, 0) is 0 Å². The van der Waals surface area contributed by atoms with Crippen LogP contribution in [0.25, 0.3) is 0 Å². The predicted octanol–water partition coefficient (Wildman–Crippen LogP) is -3.06. The van der Waals surface area contributed by atoms with E-state index in [1.54, 1.807) is 0 Å². The maximum Gasteiger partial charge on any atom is 7.00 e. The summed E-state index contributed by atoms with van der Waals surface area (Å²) in [5.74, 6) is 0. The molecule has 0 atom stereocenters. The molecule has 8 heavy (non-hydrogen) atoms. The van der Waals surface area contributed by atoms with Gasteiger partial charge in [0.25, 0.3) is 0 Å². The molecule has 0 aromatic heterocycles. The van der Waals surface area contributed by atoms with Gasteiger partial charge in [0.15, 0.2) is 0 Å². The summed E-state index contributed by atoms with van der Waals surface area (Å²) >= 11 is 0. The normalized spacial score (nSPS) is 7.38. The topological polar surface area (TPSA) is 143 Å². The quantitative estimate of drug-likeness (QED) is 0.289. The summed E-state index contributed by atoms with van der Waals surface area (Å²) in [4.78, 5) is 25.6. The molecule has 0 saturated heterocycles. The third-order valence-electron chi connectivity index (χ3n) is 0. The van der Waals surface area contributed by atoms with Crippen molar-refractivity contribution in [2.45, 2.75) is 0 Å². The molecule has 0 N–H and O–H groups in total. The third-order valence-corrected chi connectivity index (χ3v) is 0. The Morgan fingerprint density at radius 2 is 1.00 bits per heavy atom. The number of phosphoric acid groups is 1. The van der Waals surface area contributed by atoms with Gasteiger partial charge in [-0.3, -0.25) is 0 Å². The minimum Gasteiger partial charge on any atom is -2.00 e. The SMILES string of the molecule is O=P([O-])([O-])[O-].[Mn+7].[O-2].[O-2]. The zero-order chi connectivity index (χ0) is 4.50. The van der Waals surface area contributed by atoms with Crippen molar-refractivity contribution < 1.29 is 47.3 Å². The number of rotatable bonds is 0. The van der Waals surface area contributed by atoms with Crippen LogP contribution in [0.3, 0.4) is 0 Å². The average molecular weight is 182 g/mol. The molecule has 0 aliphatic rings. The van der Waals surface area contributed by atoms with E-state index in [1.807, 2.05) is 0 Å². The molecule has 0 rings (SSSR count). The first kappa shape index (κ1) is 23.5. The largest absolute Gasteiger partial charge is 7.00 e. The molecule has 8 heteroatoms. The van der Waals surface area contributed by atoms with Crippen molar-refractivity contribution in [2.75, 3.05) is 0 Å². The molecule has 0 unspecified atom stereocenters. The Kier molecular flexibility index (Phi) is 22.2. The summed E-state index contributed by atoms with van der Waals surface area (Å²) < 4.78 is 8.55. The van der Waals surface area contributed by atoms with Gasteiger partial charge >= 0.3 is 17.1 Å². The second-order valence-electron chi connectivity index (χ2n) is 0.447. The van der Waals surface area contributed by atoms with E-state index in [9.17, 15) is 0 Å². The Labute approximate surface area is 55.9 Å². The monoisotopic (exact) mass is 182 g/mol. The van der Waals surface area contributed by atoms with Crippen molar-refractivity contribution in [2.24, 2.45) is 0 Å². The van der Waals surface area contributed by atoms with Crippen molar-refractivity contribution >= 4 is 7.82 Å². The molecule has 0 aromatic carbocycles. The average Bonchev–Trinajstić information content (AvgIpc) is 0.722. The molecule has 0 bridgehead atoms. The van der Waals surface area contributed by atoms with Gasteiger partial charge in [-0.2, -0.15) is 7.82 Å². The zero-order valence-corrected chi connectivity index (χ0v) is 5.35. The summed E-state index contributed by atoms with van der Waals surface area (Å²) in [6, 6.07) is 0. The van der Waals surface area contributed by atoms with Gasteiger partial charge in [0.2, 0.25) is 0 Å². The molecule has 0 saturated carbocycles. The van der Waals surface area contributed by atoms with Gasteiger partial charge in [0, 0.05) is 0 Å². The second-order valence-corrected chi connectivity index (χ2v) is 1.34. The molecule has 0 aromatic rings. The van der Waals surface area contributed by atoms with E-state index in [0.29, 0.717) is 0 Å². The summed E-state index contributed by atoms with van der Waals surface area (Å²) in [7, 11) is -5.39. The second kappa shape index (κ2) is 7.55.